The number of hydrogen-bond donors (Lipinski definition) is 0. The Bertz CT molecular complexity index is 1210. The summed E-state index contributed by atoms with van der Waals surface area (Å²) in [5.74, 6) is 0.672. The normalized spacial score (nSPS) is 14.8. The van der Waals surface area contributed by atoms with E-state index in [1.54, 1.807) is 62.0 Å². The first-order valence-electron chi connectivity index (χ1n) is 9.84. The van der Waals surface area contributed by atoms with Gasteiger partial charge in [-0.1, -0.05) is 35.3 Å². The number of nitrogens with zero attached hydrogens (tertiary/aromatic N) is 2. The summed E-state index contributed by atoms with van der Waals surface area (Å²) in [6.07, 6.45) is 5.05. The molecule has 2 aromatic carbocycles. The standard InChI is InChI=1S/C24H18Cl2N2O4S/c1-31-21-11-16(5-6-20(21)32-14-15-7-9-27-10-8-15)12-22-23(29)28(24(30)33-22)13-17-18(25)3-2-4-19(17)26/h2-12H,13-14H2,1H3/b22-12-. The highest BCUT2D eigenvalue weighted by Crippen LogP contribution is 2.37. The van der Waals surface area contributed by atoms with Crippen molar-refractivity contribution in [1.82, 2.24) is 9.88 Å². The summed E-state index contributed by atoms with van der Waals surface area (Å²) < 4.78 is 11.3. The molecule has 4 rings (SSSR count). The molecule has 0 aliphatic carbocycles. The largest absolute Gasteiger partial charge is 0.493 e. The number of pyridine rings is 1. The van der Waals surface area contributed by atoms with Gasteiger partial charge in [-0.05, 0) is 65.4 Å². The first-order chi connectivity index (χ1) is 16.0. The fourth-order valence-electron chi connectivity index (χ4n) is 3.16. The SMILES string of the molecule is COc1cc(/C=C2\SC(=O)N(Cc3c(Cl)cccc3Cl)C2=O)ccc1OCc1ccncc1. The maximum Gasteiger partial charge on any atom is 0.293 e. The minimum atomic E-state index is -0.405. The second kappa shape index (κ2) is 10.3. The molecule has 1 aliphatic rings. The second-order valence-corrected chi connectivity index (χ2v) is 8.83. The van der Waals surface area contributed by atoms with E-state index >= 15 is 0 Å². The molecule has 0 atom stereocenters. The van der Waals surface area contributed by atoms with Gasteiger partial charge in [-0.2, -0.15) is 0 Å². The minimum absolute atomic E-state index is 0.00557. The van der Waals surface area contributed by atoms with Gasteiger partial charge in [0.1, 0.15) is 6.61 Å². The van der Waals surface area contributed by atoms with Crippen LogP contribution >= 0.6 is 35.0 Å². The van der Waals surface area contributed by atoms with Crippen LogP contribution in [0.4, 0.5) is 4.79 Å². The summed E-state index contributed by atoms with van der Waals surface area (Å²) in [6.45, 7) is 0.368. The molecule has 9 heteroatoms. The summed E-state index contributed by atoms with van der Waals surface area (Å²) in [4.78, 5) is 30.8. The summed E-state index contributed by atoms with van der Waals surface area (Å²) in [7, 11) is 1.54. The van der Waals surface area contributed by atoms with Crippen molar-refractivity contribution >= 4 is 52.2 Å². The molecule has 1 fully saturated rings. The van der Waals surface area contributed by atoms with Gasteiger partial charge < -0.3 is 9.47 Å². The van der Waals surface area contributed by atoms with Crippen molar-refractivity contribution in [2.45, 2.75) is 13.2 Å². The Kier molecular flexibility index (Phi) is 7.23. The molecule has 168 valence electrons. The van der Waals surface area contributed by atoms with Crippen molar-refractivity contribution in [1.29, 1.82) is 0 Å². The van der Waals surface area contributed by atoms with Gasteiger partial charge >= 0.3 is 0 Å². The van der Waals surface area contributed by atoms with Gasteiger partial charge in [0.2, 0.25) is 0 Å². The summed E-state index contributed by atoms with van der Waals surface area (Å²) in [5.41, 5.74) is 2.20. The number of carbonyl (C=O) groups excluding carboxylic acids is 2. The molecule has 0 bridgehead atoms. The van der Waals surface area contributed by atoms with Crippen LogP contribution in [0.3, 0.4) is 0 Å². The van der Waals surface area contributed by atoms with Crippen LogP contribution in [0.1, 0.15) is 16.7 Å². The van der Waals surface area contributed by atoms with Gasteiger partial charge in [-0.3, -0.25) is 19.5 Å². The monoisotopic (exact) mass is 500 g/mol. The van der Waals surface area contributed by atoms with Gasteiger partial charge in [-0.15, -0.1) is 0 Å². The third-order valence-corrected chi connectivity index (χ3v) is 6.50. The summed E-state index contributed by atoms with van der Waals surface area (Å²) in [5, 5.41) is 0.418. The topological polar surface area (TPSA) is 68.7 Å². The Balaban J connectivity index is 1.51. The first kappa shape index (κ1) is 23.2. The van der Waals surface area contributed by atoms with Gasteiger partial charge in [0, 0.05) is 28.0 Å². The number of methoxy groups -OCH3 is 1. The highest BCUT2D eigenvalue weighted by molar-refractivity contribution is 8.18. The summed E-state index contributed by atoms with van der Waals surface area (Å²) in [6, 6.07) is 14.1. The Morgan fingerprint density at radius 1 is 1.03 bits per heavy atom. The van der Waals surface area contributed by atoms with Crippen LogP contribution in [0, 0.1) is 0 Å². The maximum atomic E-state index is 12.9. The zero-order chi connectivity index (χ0) is 23.4. The van der Waals surface area contributed by atoms with Crippen molar-refractivity contribution in [3.05, 3.63) is 92.6 Å². The highest BCUT2D eigenvalue weighted by Gasteiger charge is 2.35. The predicted octanol–water partition coefficient (Wildman–Crippen LogP) is 6.21. The van der Waals surface area contributed by atoms with Gasteiger partial charge in [0.25, 0.3) is 11.1 Å². The Labute approximate surface area is 205 Å². The first-order valence-corrected chi connectivity index (χ1v) is 11.4. The van der Waals surface area contributed by atoms with Crippen LogP contribution in [0.2, 0.25) is 10.0 Å². The molecule has 2 heterocycles. The fourth-order valence-corrected chi connectivity index (χ4v) is 4.52. The zero-order valence-electron chi connectivity index (χ0n) is 17.5. The van der Waals surface area contributed by atoms with Crippen molar-refractivity contribution in [2.75, 3.05) is 7.11 Å². The van der Waals surface area contributed by atoms with E-state index in [1.165, 1.54) is 0 Å². The molecule has 0 unspecified atom stereocenters. The maximum absolute atomic E-state index is 12.9. The van der Waals surface area contributed by atoms with Crippen LogP contribution in [0.15, 0.2) is 65.8 Å². The fraction of sp³-hybridized carbons (Fsp3) is 0.125. The molecule has 0 spiro atoms. The Hall–Kier alpha value is -3.00. The number of rotatable bonds is 7. The van der Waals surface area contributed by atoms with E-state index in [9.17, 15) is 9.59 Å². The van der Waals surface area contributed by atoms with Gasteiger partial charge in [-0.25, -0.2) is 0 Å². The van der Waals surface area contributed by atoms with Crippen molar-refractivity contribution in [3.8, 4) is 11.5 Å². The van der Waals surface area contributed by atoms with E-state index in [4.69, 9.17) is 32.7 Å². The number of halogens is 2. The second-order valence-electron chi connectivity index (χ2n) is 7.02. The van der Waals surface area contributed by atoms with Crippen LogP contribution in [0.25, 0.3) is 6.08 Å². The number of ether oxygens (including phenoxy) is 2. The lowest BCUT2D eigenvalue weighted by Gasteiger charge is -2.14. The van der Waals surface area contributed by atoms with E-state index in [2.05, 4.69) is 4.98 Å². The quantitative estimate of drug-likeness (QED) is 0.359. The molecule has 2 amide bonds. The molecule has 0 saturated carbocycles. The number of imide groups is 1. The van der Waals surface area contributed by atoms with Gasteiger partial charge in [0.15, 0.2) is 11.5 Å². The lowest BCUT2D eigenvalue weighted by atomic mass is 10.1. The molecule has 33 heavy (non-hydrogen) atoms. The lowest BCUT2D eigenvalue weighted by Crippen LogP contribution is -2.27. The molecule has 3 aromatic rings. The zero-order valence-corrected chi connectivity index (χ0v) is 19.8. The van der Waals surface area contributed by atoms with Crippen LogP contribution in [0.5, 0.6) is 11.5 Å². The number of carbonyl (C=O) groups is 2. The molecule has 0 N–H and O–H groups in total. The third-order valence-electron chi connectivity index (χ3n) is 4.88. The highest BCUT2D eigenvalue weighted by atomic mass is 35.5. The van der Waals surface area contributed by atoms with Crippen LogP contribution in [-0.4, -0.2) is 28.1 Å². The van der Waals surface area contributed by atoms with E-state index in [1.807, 2.05) is 12.1 Å². The third kappa shape index (κ3) is 5.33. The van der Waals surface area contributed by atoms with Crippen LogP contribution in [-0.2, 0) is 17.9 Å². The predicted molar refractivity (Wildman–Crippen MR) is 130 cm³/mol. The van der Waals surface area contributed by atoms with Gasteiger partial charge in [0.05, 0.1) is 18.6 Å². The number of thioether (sulfide) groups is 1. The average molecular weight is 501 g/mol. The molecule has 0 radical (unpaired) electrons. The number of amides is 2. The number of aromatic nitrogens is 1. The van der Waals surface area contributed by atoms with E-state index in [-0.39, 0.29) is 11.8 Å². The Morgan fingerprint density at radius 2 is 1.76 bits per heavy atom. The molecule has 1 saturated heterocycles. The molecule has 6 nitrogen and oxygen atoms in total. The number of benzene rings is 2. The smallest absolute Gasteiger partial charge is 0.293 e. The molecular formula is C24H18Cl2N2O4S. The van der Waals surface area contributed by atoms with Crippen LogP contribution < -0.4 is 9.47 Å². The van der Waals surface area contributed by atoms with E-state index in [0.29, 0.717) is 44.2 Å². The number of hydrogen-bond acceptors (Lipinski definition) is 6. The average Bonchev–Trinajstić information content (AvgIpc) is 3.08. The minimum Gasteiger partial charge on any atom is -0.493 e. The molecular weight excluding hydrogens is 483 g/mol. The molecule has 1 aliphatic heterocycles. The molecule has 1 aromatic heterocycles. The van der Waals surface area contributed by atoms with E-state index in [0.717, 1.165) is 22.2 Å². The Morgan fingerprint density at radius 3 is 2.45 bits per heavy atom. The van der Waals surface area contributed by atoms with Crippen molar-refractivity contribution < 1.29 is 19.1 Å². The van der Waals surface area contributed by atoms with Crippen molar-refractivity contribution in [3.63, 3.8) is 0 Å². The van der Waals surface area contributed by atoms with E-state index < -0.39 is 5.91 Å². The lowest BCUT2D eigenvalue weighted by molar-refractivity contribution is -0.123. The van der Waals surface area contributed by atoms with Crippen molar-refractivity contribution in [2.24, 2.45) is 0 Å². The summed E-state index contributed by atoms with van der Waals surface area (Å²) >= 11 is 13.3.